The van der Waals surface area contributed by atoms with Crippen LogP contribution in [0.4, 0.5) is 0 Å². The first kappa shape index (κ1) is 17.2. The smallest absolute Gasteiger partial charge is 0.338 e. The molecule has 1 aliphatic heterocycles. The summed E-state index contributed by atoms with van der Waals surface area (Å²) in [5.74, 6) is -0.457. The lowest BCUT2D eigenvalue weighted by atomic mass is 9.93. The number of hydrogen-bond acceptors (Lipinski definition) is 5. The number of allylic oxidation sites excluding steroid dienone is 1. The highest BCUT2D eigenvalue weighted by molar-refractivity contribution is 7.80. The van der Waals surface area contributed by atoms with E-state index < -0.39 is 17.6 Å². The van der Waals surface area contributed by atoms with E-state index in [0.717, 1.165) is 10.9 Å². The zero-order valence-electron chi connectivity index (χ0n) is 14.1. The molecule has 2 heterocycles. The molecule has 25 heavy (non-hydrogen) atoms. The summed E-state index contributed by atoms with van der Waals surface area (Å²) in [4.78, 5) is 24.5. The molecule has 0 aliphatic carbocycles. The lowest BCUT2D eigenvalue weighted by Gasteiger charge is -2.30. The molecule has 0 saturated carbocycles. The summed E-state index contributed by atoms with van der Waals surface area (Å²) in [7, 11) is 0. The predicted molar refractivity (Wildman–Crippen MR) is 98.2 cm³/mol. The Morgan fingerprint density at radius 2 is 2.08 bits per heavy atom. The van der Waals surface area contributed by atoms with E-state index in [2.05, 4.69) is 10.6 Å². The number of fused-ring (bicyclic) bond motifs is 1. The van der Waals surface area contributed by atoms with Crippen molar-refractivity contribution in [3.8, 4) is 0 Å². The van der Waals surface area contributed by atoms with Crippen LogP contribution in [0.15, 0.2) is 44.7 Å². The number of esters is 1. The maximum Gasteiger partial charge on any atom is 0.338 e. The summed E-state index contributed by atoms with van der Waals surface area (Å²) in [5.41, 5.74) is 2.60. The summed E-state index contributed by atoms with van der Waals surface area (Å²) < 4.78 is 10.5. The van der Waals surface area contributed by atoms with Crippen molar-refractivity contribution in [3.05, 3.63) is 57.1 Å². The van der Waals surface area contributed by atoms with Crippen molar-refractivity contribution < 1.29 is 13.9 Å². The van der Waals surface area contributed by atoms with Crippen LogP contribution < -0.4 is 16.3 Å². The highest BCUT2D eigenvalue weighted by atomic mass is 32.1. The van der Waals surface area contributed by atoms with Gasteiger partial charge < -0.3 is 19.8 Å². The standard InChI is InChI=1S/C18H18N2O4S/c1-4-23-17(22)15-10(3)19-18(25)20-16(15)12-8-14(21)24-13-6-5-9(2)7-11(12)13/h5-8,16H,4H2,1-3H3,(H2,19,20,25). The van der Waals surface area contributed by atoms with Crippen molar-refractivity contribution >= 4 is 34.3 Å². The van der Waals surface area contributed by atoms with E-state index in [1.54, 1.807) is 19.9 Å². The molecule has 0 amide bonds. The third-order valence-corrected chi connectivity index (χ3v) is 4.23. The Labute approximate surface area is 149 Å². The van der Waals surface area contributed by atoms with Gasteiger partial charge in [0.2, 0.25) is 0 Å². The number of benzene rings is 1. The van der Waals surface area contributed by atoms with Crippen LogP contribution in [-0.4, -0.2) is 17.7 Å². The molecule has 0 spiro atoms. The number of ether oxygens (including phenoxy) is 1. The third kappa shape index (κ3) is 3.28. The average Bonchev–Trinajstić information content (AvgIpc) is 2.54. The van der Waals surface area contributed by atoms with Gasteiger partial charge in [0, 0.05) is 17.1 Å². The van der Waals surface area contributed by atoms with Crippen molar-refractivity contribution in [2.24, 2.45) is 0 Å². The molecule has 2 aromatic rings. The lowest BCUT2D eigenvalue weighted by molar-refractivity contribution is -0.139. The monoisotopic (exact) mass is 358 g/mol. The Morgan fingerprint density at radius 1 is 1.32 bits per heavy atom. The average molecular weight is 358 g/mol. The molecule has 0 saturated heterocycles. The van der Waals surface area contributed by atoms with Gasteiger partial charge >= 0.3 is 11.6 Å². The predicted octanol–water partition coefficient (Wildman–Crippen LogP) is 2.46. The van der Waals surface area contributed by atoms with Gasteiger partial charge in [-0.2, -0.15) is 0 Å². The summed E-state index contributed by atoms with van der Waals surface area (Å²) in [6, 6.07) is 6.32. The Hall–Kier alpha value is -2.67. The number of nitrogens with one attached hydrogen (secondary N) is 2. The fourth-order valence-corrected chi connectivity index (χ4v) is 3.22. The summed E-state index contributed by atoms with van der Waals surface area (Å²) in [5, 5.41) is 7.14. The van der Waals surface area contributed by atoms with Gasteiger partial charge in [-0.15, -0.1) is 0 Å². The van der Waals surface area contributed by atoms with E-state index in [1.165, 1.54) is 6.07 Å². The number of carbonyl (C=O) groups excluding carboxylic acids is 1. The van der Waals surface area contributed by atoms with E-state index in [9.17, 15) is 9.59 Å². The normalized spacial score (nSPS) is 17.2. The second-order valence-corrected chi connectivity index (χ2v) is 6.22. The molecular formula is C18H18N2O4S. The van der Waals surface area contributed by atoms with Gasteiger partial charge in [-0.1, -0.05) is 11.6 Å². The Morgan fingerprint density at radius 3 is 2.80 bits per heavy atom. The van der Waals surface area contributed by atoms with Gasteiger partial charge in [0.1, 0.15) is 5.58 Å². The molecule has 6 nitrogen and oxygen atoms in total. The number of thiocarbonyl (C=S) groups is 1. The van der Waals surface area contributed by atoms with E-state index in [4.69, 9.17) is 21.4 Å². The maximum absolute atomic E-state index is 12.5. The van der Waals surface area contributed by atoms with E-state index >= 15 is 0 Å². The third-order valence-electron chi connectivity index (χ3n) is 4.01. The quantitative estimate of drug-likeness (QED) is 0.495. The van der Waals surface area contributed by atoms with Crippen LogP contribution >= 0.6 is 12.2 Å². The highest BCUT2D eigenvalue weighted by Crippen LogP contribution is 2.32. The molecule has 1 aromatic heterocycles. The van der Waals surface area contributed by atoms with Crippen LogP contribution in [0.3, 0.4) is 0 Å². The second-order valence-electron chi connectivity index (χ2n) is 5.81. The fourth-order valence-electron chi connectivity index (χ4n) is 2.95. The van der Waals surface area contributed by atoms with E-state index in [-0.39, 0.29) is 6.61 Å². The van der Waals surface area contributed by atoms with Crippen molar-refractivity contribution in [1.29, 1.82) is 0 Å². The van der Waals surface area contributed by atoms with Gasteiger partial charge in [-0.3, -0.25) is 0 Å². The molecular weight excluding hydrogens is 340 g/mol. The van der Waals surface area contributed by atoms with Crippen LogP contribution in [0, 0.1) is 6.92 Å². The molecule has 1 aromatic carbocycles. The van der Waals surface area contributed by atoms with Crippen molar-refractivity contribution in [2.45, 2.75) is 26.8 Å². The van der Waals surface area contributed by atoms with Gasteiger partial charge in [-0.25, -0.2) is 9.59 Å². The first-order valence-electron chi connectivity index (χ1n) is 7.90. The highest BCUT2D eigenvalue weighted by Gasteiger charge is 2.32. The Bertz CT molecular complexity index is 961. The second kappa shape index (κ2) is 6.68. The molecule has 0 fully saturated rings. The molecule has 130 valence electrons. The van der Waals surface area contributed by atoms with Crippen LogP contribution in [0.2, 0.25) is 0 Å². The first-order chi connectivity index (χ1) is 11.9. The molecule has 2 N–H and O–H groups in total. The fraction of sp³-hybridized carbons (Fsp3) is 0.278. The van der Waals surface area contributed by atoms with Gasteiger partial charge in [0.15, 0.2) is 5.11 Å². The van der Waals surface area contributed by atoms with Crippen molar-refractivity contribution in [1.82, 2.24) is 10.6 Å². The topological polar surface area (TPSA) is 80.6 Å². The molecule has 1 aliphatic rings. The molecule has 1 unspecified atom stereocenters. The van der Waals surface area contributed by atoms with Crippen LogP contribution in [0.1, 0.15) is 31.0 Å². The van der Waals surface area contributed by atoms with Crippen molar-refractivity contribution in [2.75, 3.05) is 6.61 Å². The molecule has 1 atom stereocenters. The zero-order valence-corrected chi connectivity index (χ0v) is 15.0. The minimum atomic E-state index is -0.596. The van der Waals surface area contributed by atoms with Crippen molar-refractivity contribution in [3.63, 3.8) is 0 Å². The van der Waals surface area contributed by atoms with Gasteiger partial charge in [0.05, 0.1) is 18.2 Å². The molecule has 3 rings (SSSR count). The number of aryl methyl sites for hydroxylation is 1. The van der Waals surface area contributed by atoms with E-state index in [1.807, 2.05) is 19.1 Å². The van der Waals surface area contributed by atoms with Crippen LogP contribution in [-0.2, 0) is 9.53 Å². The largest absolute Gasteiger partial charge is 0.463 e. The zero-order chi connectivity index (χ0) is 18.1. The maximum atomic E-state index is 12.5. The summed E-state index contributed by atoms with van der Waals surface area (Å²) in [6.07, 6.45) is 0. The summed E-state index contributed by atoms with van der Waals surface area (Å²) >= 11 is 5.24. The minimum absolute atomic E-state index is 0.254. The Kier molecular flexibility index (Phi) is 4.59. The Balaban J connectivity index is 2.25. The minimum Gasteiger partial charge on any atom is -0.463 e. The number of rotatable bonds is 3. The van der Waals surface area contributed by atoms with Crippen LogP contribution in [0.5, 0.6) is 0 Å². The van der Waals surface area contributed by atoms with Crippen LogP contribution in [0.25, 0.3) is 11.0 Å². The van der Waals surface area contributed by atoms with Gasteiger partial charge in [-0.05, 0) is 50.7 Å². The molecule has 0 radical (unpaired) electrons. The molecule has 0 bridgehead atoms. The van der Waals surface area contributed by atoms with E-state index in [0.29, 0.717) is 27.5 Å². The van der Waals surface area contributed by atoms with Gasteiger partial charge in [0.25, 0.3) is 0 Å². The first-order valence-corrected chi connectivity index (χ1v) is 8.31. The molecule has 7 heteroatoms. The number of hydrogen-bond donors (Lipinski definition) is 2. The SMILES string of the molecule is CCOC(=O)C1=C(C)NC(=S)NC1c1cc(=O)oc2ccc(C)cc12. The lowest BCUT2D eigenvalue weighted by Crippen LogP contribution is -2.45. The number of carbonyl (C=O) groups is 1. The summed E-state index contributed by atoms with van der Waals surface area (Å²) in [6.45, 7) is 5.70.